The number of furan rings is 1. The Labute approximate surface area is 126 Å². The van der Waals surface area contributed by atoms with Crippen molar-refractivity contribution in [1.29, 1.82) is 0 Å². The highest BCUT2D eigenvalue weighted by atomic mass is 19.1. The fourth-order valence-electron chi connectivity index (χ4n) is 2.07. The first-order valence-electron chi connectivity index (χ1n) is 6.74. The third kappa shape index (κ3) is 3.52. The average Bonchev–Trinajstić information content (AvgIpc) is 2.98. The fraction of sp³-hybridized carbons (Fsp3) is 0.250. The van der Waals surface area contributed by atoms with Crippen molar-refractivity contribution in [2.75, 3.05) is 0 Å². The summed E-state index contributed by atoms with van der Waals surface area (Å²) in [6.45, 7) is 1.37. The Kier molecular flexibility index (Phi) is 4.60. The molecule has 1 unspecified atom stereocenters. The van der Waals surface area contributed by atoms with Gasteiger partial charge >= 0.3 is 5.97 Å². The van der Waals surface area contributed by atoms with Crippen LogP contribution in [0.4, 0.5) is 4.39 Å². The second kappa shape index (κ2) is 6.43. The minimum Gasteiger partial charge on any atom is -0.479 e. The van der Waals surface area contributed by atoms with E-state index in [1.165, 1.54) is 25.3 Å². The van der Waals surface area contributed by atoms with Gasteiger partial charge in [-0.25, -0.2) is 9.18 Å². The lowest BCUT2D eigenvalue weighted by Crippen LogP contribution is -2.49. The largest absolute Gasteiger partial charge is 0.479 e. The number of carbonyl (C=O) groups is 2. The molecule has 0 fully saturated rings. The molecule has 2 rings (SSSR count). The number of benzene rings is 1. The molecule has 22 heavy (non-hydrogen) atoms. The highest BCUT2D eigenvalue weighted by Gasteiger charge is 2.36. The Morgan fingerprint density at radius 3 is 2.50 bits per heavy atom. The van der Waals surface area contributed by atoms with E-state index in [1.807, 2.05) is 0 Å². The number of carboxylic acids is 1. The molecule has 0 spiro atoms. The zero-order valence-corrected chi connectivity index (χ0v) is 12.0. The molecular weight excluding hydrogens is 289 g/mol. The van der Waals surface area contributed by atoms with Gasteiger partial charge in [-0.05, 0) is 36.8 Å². The Morgan fingerprint density at radius 1 is 1.27 bits per heavy atom. The van der Waals surface area contributed by atoms with E-state index in [4.69, 9.17) is 4.42 Å². The summed E-state index contributed by atoms with van der Waals surface area (Å²) in [7, 11) is 0. The number of hydrogen-bond acceptors (Lipinski definition) is 3. The molecule has 5 nitrogen and oxygen atoms in total. The van der Waals surface area contributed by atoms with Crippen LogP contribution in [0.2, 0.25) is 0 Å². The summed E-state index contributed by atoms with van der Waals surface area (Å²) < 4.78 is 18.1. The number of nitrogens with one attached hydrogen (secondary N) is 1. The van der Waals surface area contributed by atoms with E-state index in [0.29, 0.717) is 17.7 Å². The van der Waals surface area contributed by atoms with Gasteiger partial charge in [-0.1, -0.05) is 12.1 Å². The number of aryl methyl sites for hydroxylation is 1. The lowest BCUT2D eigenvalue weighted by Gasteiger charge is -2.26. The molecule has 0 saturated carbocycles. The van der Waals surface area contributed by atoms with Gasteiger partial charge in [0.05, 0.1) is 6.26 Å². The molecular formula is C16H16FNO4. The SMILES string of the molecule is CC(NC(=O)CCc1ccco1)(C(=O)O)c1ccc(F)cc1. The van der Waals surface area contributed by atoms with Gasteiger partial charge < -0.3 is 14.8 Å². The molecule has 1 atom stereocenters. The number of hydrogen-bond donors (Lipinski definition) is 2. The van der Waals surface area contributed by atoms with Crippen molar-refractivity contribution < 1.29 is 23.5 Å². The van der Waals surface area contributed by atoms with Crippen molar-refractivity contribution in [3.63, 3.8) is 0 Å². The summed E-state index contributed by atoms with van der Waals surface area (Å²) in [6, 6.07) is 8.46. The van der Waals surface area contributed by atoms with E-state index in [1.54, 1.807) is 12.1 Å². The third-order valence-electron chi connectivity index (χ3n) is 3.42. The normalized spacial score (nSPS) is 13.4. The maximum absolute atomic E-state index is 13.0. The van der Waals surface area contributed by atoms with Gasteiger partial charge in [0, 0.05) is 12.8 Å². The zero-order valence-electron chi connectivity index (χ0n) is 12.0. The molecule has 0 saturated heterocycles. The van der Waals surface area contributed by atoms with E-state index >= 15 is 0 Å². The van der Waals surface area contributed by atoms with E-state index in [0.717, 1.165) is 12.1 Å². The highest BCUT2D eigenvalue weighted by molar-refractivity contribution is 5.87. The molecule has 0 aliphatic carbocycles. The van der Waals surface area contributed by atoms with Gasteiger partial charge in [0.2, 0.25) is 5.91 Å². The first-order valence-corrected chi connectivity index (χ1v) is 6.74. The molecule has 6 heteroatoms. The summed E-state index contributed by atoms with van der Waals surface area (Å²) in [5.74, 6) is -1.47. The van der Waals surface area contributed by atoms with E-state index in [9.17, 15) is 19.1 Å². The van der Waals surface area contributed by atoms with Crippen LogP contribution < -0.4 is 5.32 Å². The number of carboxylic acid groups (broad SMARTS) is 1. The smallest absolute Gasteiger partial charge is 0.333 e. The number of halogens is 1. The minimum absolute atomic E-state index is 0.0948. The van der Waals surface area contributed by atoms with Crippen molar-refractivity contribution in [2.24, 2.45) is 0 Å². The minimum atomic E-state index is -1.62. The Morgan fingerprint density at radius 2 is 1.95 bits per heavy atom. The van der Waals surface area contributed by atoms with Crippen LogP contribution >= 0.6 is 0 Å². The average molecular weight is 305 g/mol. The van der Waals surface area contributed by atoms with Crippen molar-refractivity contribution in [1.82, 2.24) is 5.32 Å². The predicted octanol–water partition coefficient (Wildman–Crippen LogP) is 2.47. The quantitative estimate of drug-likeness (QED) is 0.859. The zero-order chi connectivity index (χ0) is 16.2. The maximum atomic E-state index is 13.0. The molecule has 2 N–H and O–H groups in total. The first kappa shape index (κ1) is 15.8. The van der Waals surface area contributed by atoms with Crippen LogP contribution in [-0.4, -0.2) is 17.0 Å². The number of carbonyl (C=O) groups excluding carboxylic acids is 1. The maximum Gasteiger partial charge on any atom is 0.333 e. The van der Waals surface area contributed by atoms with E-state index in [2.05, 4.69) is 5.32 Å². The van der Waals surface area contributed by atoms with Gasteiger partial charge in [-0.2, -0.15) is 0 Å². The molecule has 116 valence electrons. The van der Waals surface area contributed by atoms with Crippen LogP contribution in [0.3, 0.4) is 0 Å². The molecule has 2 aromatic rings. The summed E-state index contributed by atoms with van der Waals surface area (Å²) in [5, 5.41) is 11.9. The molecule has 1 aromatic heterocycles. The Hall–Kier alpha value is -2.63. The lowest BCUT2D eigenvalue weighted by atomic mass is 9.91. The van der Waals surface area contributed by atoms with Gasteiger partial charge in [-0.15, -0.1) is 0 Å². The van der Waals surface area contributed by atoms with Gasteiger partial charge in [0.15, 0.2) is 5.54 Å². The summed E-state index contributed by atoms with van der Waals surface area (Å²) in [5.41, 5.74) is -1.32. The second-order valence-corrected chi connectivity index (χ2v) is 5.06. The summed E-state index contributed by atoms with van der Waals surface area (Å²) >= 11 is 0. The fourth-order valence-corrected chi connectivity index (χ4v) is 2.07. The van der Waals surface area contributed by atoms with E-state index < -0.39 is 23.2 Å². The topological polar surface area (TPSA) is 79.5 Å². The third-order valence-corrected chi connectivity index (χ3v) is 3.42. The Balaban J connectivity index is 2.09. The van der Waals surface area contributed by atoms with Crippen molar-refractivity contribution >= 4 is 11.9 Å². The van der Waals surface area contributed by atoms with Crippen LogP contribution in [0, 0.1) is 5.82 Å². The molecule has 0 bridgehead atoms. The molecule has 0 radical (unpaired) electrons. The van der Waals surface area contributed by atoms with Gasteiger partial charge in [-0.3, -0.25) is 4.79 Å². The second-order valence-electron chi connectivity index (χ2n) is 5.06. The Bertz CT molecular complexity index is 651. The molecule has 0 aliphatic rings. The molecule has 0 aliphatic heterocycles. The summed E-state index contributed by atoms with van der Waals surface area (Å²) in [6.07, 6.45) is 1.97. The monoisotopic (exact) mass is 305 g/mol. The number of rotatable bonds is 6. The van der Waals surface area contributed by atoms with Crippen molar-refractivity contribution in [2.45, 2.75) is 25.3 Å². The van der Waals surface area contributed by atoms with Crippen LogP contribution in [0.25, 0.3) is 0 Å². The molecule has 1 heterocycles. The van der Waals surface area contributed by atoms with Gasteiger partial charge in [0.25, 0.3) is 0 Å². The molecule has 1 aromatic carbocycles. The summed E-state index contributed by atoms with van der Waals surface area (Å²) in [4.78, 5) is 23.6. The van der Waals surface area contributed by atoms with Crippen LogP contribution in [0.1, 0.15) is 24.7 Å². The van der Waals surface area contributed by atoms with Crippen LogP contribution in [-0.2, 0) is 21.5 Å². The predicted molar refractivity (Wildman–Crippen MR) is 76.6 cm³/mol. The van der Waals surface area contributed by atoms with Crippen molar-refractivity contribution in [3.05, 3.63) is 59.8 Å². The number of aliphatic carboxylic acids is 1. The first-order chi connectivity index (χ1) is 10.4. The lowest BCUT2D eigenvalue weighted by molar-refractivity contribution is -0.147. The number of amides is 1. The van der Waals surface area contributed by atoms with Crippen LogP contribution in [0.5, 0.6) is 0 Å². The van der Waals surface area contributed by atoms with E-state index in [-0.39, 0.29) is 6.42 Å². The molecule has 1 amide bonds. The standard InChI is InChI=1S/C16H16FNO4/c1-16(15(20)21,11-4-6-12(17)7-5-11)18-14(19)9-8-13-3-2-10-22-13/h2-7,10H,8-9H2,1H3,(H,18,19)(H,20,21). The van der Waals surface area contributed by atoms with Gasteiger partial charge in [0.1, 0.15) is 11.6 Å². The van der Waals surface area contributed by atoms with Crippen LogP contribution in [0.15, 0.2) is 47.1 Å². The highest BCUT2D eigenvalue weighted by Crippen LogP contribution is 2.22. The van der Waals surface area contributed by atoms with Crippen molar-refractivity contribution in [3.8, 4) is 0 Å².